The molecule has 0 saturated heterocycles. The fraction of sp³-hybridized carbons (Fsp3) is 0.385. The van der Waals surface area contributed by atoms with Crippen molar-refractivity contribution in [2.45, 2.75) is 6.10 Å². The van der Waals surface area contributed by atoms with Crippen LogP contribution in [0.25, 0.3) is 11.0 Å². The molecule has 108 valence electrons. The predicted octanol–water partition coefficient (Wildman–Crippen LogP) is -0.998. The summed E-state index contributed by atoms with van der Waals surface area (Å²) >= 11 is 0. The molecule has 7 nitrogen and oxygen atoms in total. The van der Waals surface area contributed by atoms with Crippen LogP contribution in [-0.4, -0.2) is 38.6 Å². The van der Waals surface area contributed by atoms with Crippen molar-refractivity contribution in [3.63, 3.8) is 0 Å². The average Bonchev–Trinajstić information content (AvgIpc) is 2.48. The number of aryl methyl sites for hydroxylation is 2. The van der Waals surface area contributed by atoms with Gasteiger partial charge < -0.3 is 24.7 Å². The Labute approximate surface area is 114 Å². The molecule has 1 atom stereocenters. The van der Waals surface area contributed by atoms with Crippen molar-refractivity contribution < 1.29 is 10.2 Å². The zero-order valence-electron chi connectivity index (χ0n) is 11.3. The monoisotopic (exact) mass is 279 g/mol. The molecule has 0 amide bonds. The smallest absolute Gasteiger partial charge is 0.316 e. The van der Waals surface area contributed by atoms with Crippen LogP contribution in [0.4, 0.5) is 5.69 Å². The van der Waals surface area contributed by atoms with Gasteiger partial charge in [0.1, 0.15) is 0 Å². The molecule has 1 aromatic heterocycles. The number of rotatable bonds is 4. The lowest BCUT2D eigenvalue weighted by Gasteiger charge is -2.13. The van der Waals surface area contributed by atoms with Crippen LogP contribution >= 0.6 is 0 Å². The lowest BCUT2D eigenvalue weighted by molar-refractivity contribution is 0.105. The SMILES string of the molecule is Cn1c(=O)c(=O)n(C)c2cc(NCC(O)CO)ccc21. The third-order valence-electron chi connectivity index (χ3n) is 3.24. The quantitative estimate of drug-likeness (QED) is 0.624. The number of hydrogen-bond donors (Lipinski definition) is 3. The molecule has 0 radical (unpaired) electrons. The van der Waals surface area contributed by atoms with E-state index in [1.807, 2.05) is 0 Å². The van der Waals surface area contributed by atoms with Gasteiger partial charge in [-0.25, -0.2) is 0 Å². The van der Waals surface area contributed by atoms with Gasteiger partial charge >= 0.3 is 11.1 Å². The van der Waals surface area contributed by atoms with Crippen molar-refractivity contribution in [1.82, 2.24) is 9.13 Å². The molecule has 0 bridgehead atoms. The van der Waals surface area contributed by atoms with E-state index in [0.717, 1.165) is 0 Å². The Kier molecular flexibility index (Phi) is 3.91. The van der Waals surface area contributed by atoms with Gasteiger partial charge in [0, 0.05) is 26.3 Å². The zero-order valence-corrected chi connectivity index (χ0v) is 11.3. The number of aliphatic hydroxyl groups excluding tert-OH is 2. The van der Waals surface area contributed by atoms with Gasteiger partial charge in [0.2, 0.25) is 0 Å². The van der Waals surface area contributed by atoms with Gasteiger partial charge in [0.05, 0.1) is 23.7 Å². The van der Waals surface area contributed by atoms with Gasteiger partial charge in [-0.1, -0.05) is 0 Å². The minimum absolute atomic E-state index is 0.196. The molecular weight excluding hydrogens is 262 g/mol. The minimum atomic E-state index is -0.852. The standard InChI is InChI=1S/C13H17N3O4/c1-15-10-4-3-8(14-6-9(18)7-17)5-11(10)16(2)13(20)12(15)19/h3-5,9,14,17-18H,6-7H2,1-2H3. The number of benzene rings is 1. The van der Waals surface area contributed by atoms with Crippen molar-refractivity contribution in [2.75, 3.05) is 18.5 Å². The Morgan fingerprint density at radius 2 is 1.75 bits per heavy atom. The second-order valence-corrected chi connectivity index (χ2v) is 4.65. The van der Waals surface area contributed by atoms with E-state index in [9.17, 15) is 14.7 Å². The van der Waals surface area contributed by atoms with E-state index in [2.05, 4.69) is 5.32 Å². The van der Waals surface area contributed by atoms with Crippen LogP contribution in [0, 0.1) is 0 Å². The van der Waals surface area contributed by atoms with E-state index in [1.165, 1.54) is 9.13 Å². The molecule has 0 aliphatic heterocycles. The Bertz CT molecular complexity index is 748. The number of aromatic nitrogens is 2. The number of nitrogens with zero attached hydrogens (tertiary/aromatic N) is 2. The first kappa shape index (κ1) is 14.3. The molecule has 2 rings (SSSR count). The lowest BCUT2D eigenvalue weighted by atomic mass is 10.2. The first-order valence-electron chi connectivity index (χ1n) is 6.18. The Morgan fingerprint density at radius 1 is 1.15 bits per heavy atom. The molecule has 20 heavy (non-hydrogen) atoms. The summed E-state index contributed by atoms with van der Waals surface area (Å²) < 4.78 is 2.61. The van der Waals surface area contributed by atoms with Crippen molar-refractivity contribution in [3.8, 4) is 0 Å². The maximum atomic E-state index is 11.8. The molecule has 1 aromatic carbocycles. The highest BCUT2D eigenvalue weighted by Crippen LogP contribution is 2.16. The lowest BCUT2D eigenvalue weighted by Crippen LogP contribution is -2.39. The molecule has 3 N–H and O–H groups in total. The fourth-order valence-electron chi connectivity index (χ4n) is 1.99. The fourth-order valence-corrected chi connectivity index (χ4v) is 1.99. The zero-order chi connectivity index (χ0) is 14.9. The van der Waals surface area contributed by atoms with Crippen LogP contribution in [-0.2, 0) is 14.1 Å². The van der Waals surface area contributed by atoms with Gasteiger partial charge in [0.15, 0.2) is 0 Å². The number of hydrogen-bond acceptors (Lipinski definition) is 5. The second kappa shape index (κ2) is 5.48. The van der Waals surface area contributed by atoms with E-state index in [-0.39, 0.29) is 13.2 Å². The summed E-state index contributed by atoms with van der Waals surface area (Å²) in [5.41, 5.74) is 0.786. The van der Waals surface area contributed by atoms with Gasteiger partial charge in [-0.3, -0.25) is 9.59 Å². The summed E-state index contributed by atoms with van der Waals surface area (Å²) in [6.07, 6.45) is -0.852. The molecule has 0 saturated carbocycles. The first-order chi connectivity index (χ1) is 9.45. The molecule has 0 fully saturated rings. The molecule has 7 heteroatoms. The highest BCUT2D eigenvalue weighted by molar-refractivity contribution is 5.79. The highest BCUT2D eigenvalue weighted by atomic mass is 16.3. The van der Waals surface area contributed by atoms with Crippen LogP contribution < -0.4 is 16.4 Å². The Hall–Kier alpha value is -2.12. The summed E-state index contributed by atoms with van der Waals surface area (Å²) in [6.45, 7) is -0.130. The molecule has 0 aliphatic rings. The van der Waals surface area contributed by atoms with Crippen LogP contribution in [0.15, 0.2) is 27.8 Å². The highest BCUT2D eigenvalue weighted by Gasteiger charge is 2.09. The Morgan fingerprint density at radius 3 is 2.35 bits per heavy atom. The van der Waals surface area contributed by atoms with E-state index >= 15 is 0 Å². The maximum Gasteiger partial charge on any atom is 0.316 e. The van der Waals surface area contributed by atoms with Crippen molar-refractivity contribution >= 4 is 16.7 Å². The molecular formula is C13H17N3O4. The topological polar surface area (TPSA) is 96.5 Å². The molecule has 0 spiro atoms. The largest absolute Gasteiger partial charge is 0.394 e. The number of fused-ring (bicyclic) bond motifs is 1. The Balaban J connectivity index is 2.49. The summed E-state index contributed by atoms with van der Waals surface area (Å²) in [7, 11) is 3.09. The van der Waals surface area contributed by atoms with E-state index in [1.54, 1.807) is 32.3 Å². The summed E-state index contributed by atoms with van der Waals surface area (Å²) in [4.78, 5) is 23.5. The summed E-state index contributed by atoms with van der Waals surface area (Å²) in [5, 5.41) is 21.0. The minimum Gasteiger partial charge on any atom is -0.394 e. The van der Waals surface area contributed by atoms with E-state index < -0.39 is 17.2 Å². The third-order valence-corrected chi connectivity index (χ3v) is 3.24. The van der Waals surface area contributed by atoms with Crippen LogP contribution in [0.1, 0.15) is 0 Å². The van der Waals surface area contributed by atoms with Crippen LogP contribution in [0.5, 0.6) is 0 Å². The second-order valence-electron chi connectivity index (χ2n) is 4.65. The van der Waals surface area contributed by atoms with Crippen molar-refractivity contribution in [1.29, 1.82) is 0 Å². The van der Waals surface area contributed by atoms with E-state index in [0.29, 0.717) is 16.7 Å². The van der Waals surface area contributed by atoms with Crippen molar-refractivity contribution in [3.05, 3.63) is 38.9 Å². The molecule has 1 heterocycles. The van der Waals surface area contributed by atoms with Gasteiger partial charge in [-0.2, -0.15) is 0 Å². The first-order valence-corrected chi connectivity index (χ1v) is 6.18. The van der Waals surface area contributed by atoms with Crippen molar-refractivity contribution in [2.24, 2.45) is 14.1 Å². The van der Waals surface area contributed by atoms with Crippen LogP contribution in [0.2, 0.25) is 0 Å². The van der Waals surface area contributed by atoms with Gasteiger partial charge in [-0.15, -0.1) is 0 Å². The van der Waals surface area contributed by atoms with Gasteiger partial charge in [-0.05, 0) is 18.2 Å². The van der Waals surface area contributed by atoms with Gasteiger partial charge in [0.25, 0.3) is 0 Å². The molecule has 2 aromatic rings. The summed E-state index contributed by atoms with van der Waals surface area (Å²) in [6, 6.07) is 5.19. The molecule has 1 unspecified atom stereocenters. The normalized spacial score (nSPS) is 12.6. The summed E-state index contributed by atoms with van der Waals surface area (Å²) in [5.74, 6) is 0. The van der Waals surface area contributed by atoms with E-state index in [4.69, 9.17) is 5.11 Å². The average molecular weight is 279 g/mol. The maximum absolute atomic E-state index is 11.8. The number of nitrogens with one attached hydrogen (secondary N) is 1. The molecule has 0 aliphatic carbocycles. The predicted molar refractivity (Wildman–Crippen MR) is 76.0 cm³/mol. The van der Waals surface area contributed by atoms with Crippen LogP contribution in [0.3, 0.4) is 0 Å². The number of anilines is 1. The number of aliphatic hydroxyl groups is 2. The third kappa shape index (κ3) is 2.45.